The number of carbonyl (C=O) groups is 1. The molecule has 0 saturated carbocycles. The number of hydrogen-bond acceptors (Lipinski definition) is 4. The zero-order valence-corrected chi connectivity index (χ0v) is 10.7. The summed E-state index contributed by atoms with van der Waals surface area (Å²) in [7, 11) is 0. The molecule has 6 heteroatoms. The van der Waals surface area contributed by atoms with Crippen LogP contribution < -0.4 is 5.32 Å². The first-order chi connectivity index (χ1) is 9.63. The monoisotopic (exact) mass is 268 g/mol. The molecule has 0 atom stereocenters. The van der Waals surface area contributed by atoms with E-state index in [1.165, 1.54) is 0 Å². The minimum Gasteiger partial charge on any atom is -0.478 e. The van der Waals surface area contributed by atoms with Gasteiger partial charge in [-0.2, -0.15) is 5.10 Å². The van der Waals surface area contributed by atoms with Gasteiger partial charge in [0.1, 0.15) is 5.52 Å². The van der Waals surface area contributed by atoms with E-state index in [0.29, 0.717) is 11.5 Å². The Balaban J connectivity index is 2.01. The van der Waals surface area contributed by atoms with Gasteiger partial charge in [-0.3, -0.25) is 0 Å². The van der Waals surface area contributed by atoms with E-state index < -0.39 is 5.97 Å². The van der Waals surface area contributed by atoms with Gasteiger partial charge in [0.05, 0.1) is 11.3 Å². The zero-order chi connectivity index (χ0) is 14.1. The lowest BCUT2D eigenvalue weighted by Crippen LogP contribution is -2.00. The van der Waals surface area contributed by atoms with E-state index in [0.717, 1.165) is 11.2 Å². The summed E-state index contributed by atoms with van der Waals surface area (Å²) in [4.78, 5) is 15.2. The van der Waals surface area contributed by atoms with Crippen molar-refractivity contribution in [3.05, 3.63) is 54.0 Å². The quantitative estimate of drug-likeness (QED) is 0.762. The van der Waals surface area contributed by atoms with E-state index in [4.69, 9.17) is 5.11 Å². The Morgan fingerprint density at radius 1 is 1.35 bits per heavy atom. The van der Waals surface area contributed by atoms with Crippen molar-refractivity contribution < 1.29 is 9.90 Å². The summed E-state index contributed by atoms with van der Waals surface area (Å²) in [6, 6.07) is 8.51. The molecule has 20 heavy (non-hydrogen) atoms. The fourth-order valence-electron chi connectivity index (χ4n) is 2.01. The van der Waals surface area contributed by atoms with Gasteiger partial charge >= 0.3 is 5.97 Å². The number of fused-ring (bicyclic) bond motifs is 1. The van der Waals surface area contributed by atoms with Crippen molar-refractivity contribution in [1.82, 2.24) is 14.6 Å². The molecule has 0 saturated heterocycles. The van der Waals surface area contributed by atoms with Crippen molar-refractivity contribution in [2.24, 2.45) is 0 Å². The van der Waals surface area contributed by atoms with Crippen LogP contribution in [0.2, 0.25) is 0 Å². The molecule has 0 spiro atoms. The Bertz CT molecular complexity index is 795. The molecular formula is C14H12N4O2. The van der Waals surface area contributed by atoms with Crippen LogP contribution in [0.15, 0.2) is 42.7 Å². The fraction of sp³-hybridized carbons (Fsp3) is 0.0714. The molecular weight excluding hydrogens is 256 g/mol. The summed E-state index contributed by atoms with van der Waals surface area (Å²) in [5.74, 6) is -0.323. The fourth-order valence-corrected chi connectivity index (χ4v) is 2.01. The van der Waals surface area contributed by atoms with Crippen molar-refractivity contribution in [1.29, 1.82) is 0 Å². The second-order valence-electron chi connectivity index (χ2n) is 4.40. The van der Waals surface area contributed by atoms with Crippen LogP contribution in [0.25, 0.3) is 5.52 Å². The third-order valence-corrected chi connectivity index (χ3v) is 2.88. The maximum Gasteiger partial charge on any atom is 0.335 e. The van der Waals surface area contributed by atoms with E-state index >= 15 is 0 Å². The Morgan fingerprint density at radius 3 is 3.00 bits per heavy atom. The SMILES string of the molecule is Cc1cc2c(Nc3cccc(C(=O)O)c3)nccn2n1. The second kappa shape index (κ2) is 4.65. The third kappa shape index (κ3) is 2.18. The predicted molar refractivity (Wildman–Crippen MR) is 74.4 cm³/mol. The highest BCUT2D eigenvalue weighted by molar-refractivity contribution is 5.89. The number of aromatic nitrogens is 3. The molecule has 3 aromatic rings. The van der Waals surface area contributed by atoms with Gasteiger partial charge in [-0.1, -0.05) is 6.07 Å². The molecule has 0 fully saturated rings. The Morgan fingerprint density at radius 2 is 2.20 bits per heavy atom. The van der Waals surface area contributed by atoms with Crippen molar-refractivity contribution in [2.45, 2.75) is 6.92 Å². The molecule has 0 amide bonds. The molecule has 0 unspecified atom stereocenters. The molecule has 0 aliphatic carbocycles. The lowest BCUT2D eigenvalue weighted by atomic mass is 10.2. The molecule has 2 heterocycles. The standard InChI is InChI=1S/C14H12N4O2/c1-9-7-12-13(15-5-6-18(12)17-9)16-11-4-2-3-10(8-11)14(19)20/h2-8H,1H3,(H,15,16)(H,19,20). The smallest absolute Gasteiger partial charge is 0.335 e. The Labute approximate surface area is 114 Å². The number of nitrogens with zero attached hydrogens (tertiary/aromatic N) is 3. The largest absolute Gasteiger partial charge is 0.478 e. The molecule has 0 aliphatic rings. The number of anilines is 2. The minimum atomic E-state index is -0.958. The first-order valence-electron chi connectivity index (χ1n) is 6.05. The third-order valence-electron chi connectivity index (χ3n) is 2.88. The summed E-state index contributed by atoms with van der Waals surface area (Å²) in [6.07, 6.45) is 3.41. The van der Waals surface area contributed by atoms with Crippen LogP contribution in [-0.4, -0.2) is 25.7 Å². The molecule has 100 valence electrons. The summed E-state index contributed by atoms with van der Waals surface area (Å²) in [5, 5.41) is 16.4. The van der Waals surface area contributed by atoms with Crippen molar-refractivity contribution in [2.75, 3.05) is 5.32 Å². The van der Waals surface area contributed by atoms with E-state index in [1.807, 2.05) is 13.0 Å². The molecule has 2 N–H and O–H groups in total. The van der Waals surface area contributed by atoms with Gasteiger partial charge in [0.2, 0.25) is 0 Å². The van der Waals surface area contributed by atoms with Crippen molar-refractivity contribution in [3.63, 3.8) is 0 Å². The van der Waals surface area contributed by atoms with Crippen LogP contribution in [0.1, 0.15) is 16.1 Å². The van der Waals surface area contributed by atoms with Crippen molar-refractivity contribution in [3.8, 4) is 0 Å². The van der Waals surface area contributed by atoms with Crippen LogP contribution in [0.3, 0.4) is 0 Å². The number of aryl methyl sites for hydroxylation is 1. The van der Waals surface area contributed by atoms with Crippen LogP contribution in [-0.2, 0) is 0 Å². The Kier molecular flexibility index (Phi) is 2.83. The summed E-state index contributed by atoms with van der Waals surface area (Å²) < 4.78 is 1.73. The maximum atomic E-state index is 11.0. The summed E-state index contributed by atoms with van der Waals surface area (Å²) in [5.41, 5.74) is 2.63. The molecule has 0 radical (unpaired) electrons. The zero-order valence-electron chi connectivity index (χ0n) is 10.7. The highest BCUT2D eigenvalue weighted by Crippen LogP contribution is 2.20. The maximum absolute atomic E-state index is 11.0. The van der Waals surface area contributed by atoms with Gasteiger partial charge in [-0.15, -0.1) is 0 Å². The average Bonchev–Trinajstić information content (AvgIpc) is 2.80. The predicted octanol–water partition coefficient (Wildman–Crippen LogP) is 2.48. The first-order valence-corrected chi connectivity index (χ1v) is 6.05. The molecule has 0 bridgehead atoms. The number of benzene rings is 1. The summed E-state index contributed by atoms with van der Waals surface area (Å²) >= 11 is 0. The van der Waals surface area contributed by atoms with Gasteiger partial charge in [-0.25, -0.2) is 14.3 Å². The number of hydrogen-bond donors (Lipinski definition) is 2. The van der Waals surface area contributed by atoms with E-state index in [2.05, 4.69) is 15.4 Å². The number of rotatable bonds is 3. The molecule has 1 aromatic carbocycles. The first kappa shape index (κ1) is 12.2. The molecule has 2 aromatic heterocycles. The van der Waals surface area contributed by atoms with Gasteiger partial charge in [0.15, 0.2) is 5.82 Å². The van der Waals surface area contributed by atoms with E-state index in [1.54, 1.807) is 41.2 Å². The lowest BCUT2D eigenvalue weighted by Gasteiger charge is -2.07. The van der Waals surface area contributed by atoms with E-state index in [9.17, 15) is 4.79 Å². The Hall–Kier alpha value is -2.89. The molecule has 3 rings (SSSR count). The lowest BCUT2D eigenvalue weighted by molar-refractivity contribution is 0.0697. The van der Waals surface area contributed by atoms with Gasteiger partial charge in [-0.05, 0) is 31.2 Å². The van der Waals surface area contributed by atoms with Crippen LogP contribution in [0.5, 0.6) is 0 Å². The van der Waals surface area contributed by atoms with Crippen LogP contribution in [0.4, 0.5) is 11.5 Å². The topological polar surface area (TPSA) is 79.5 Å². The highest BCUT2D eigenvalue weighted by Gasteiger charge is 2.07. The number of nitrogens with one attached hydrogen (secondary N) is 1. The number of aromatic carboxylic acids is 1. The van der Waals surface area contributed by atoms with Gasteiger partial charge < -0.3 is 10.4 Å². The number of carboxylic acid groups (broad SMARTS) is 1. The van der Waals surface area contributed by atoms with Gasteiger partial charge in [0, 0.05) is 18.1 Å². The highest BCUT2D eigenvalue weighted by atomic mass is 16.4. The number of carboxylic acids is 1. The van der Waals surface area contributed by atoms with E-state index in [-0.39, 0.29) is 5.56 Å². The van der Waals surface area contributed by atoms with Crippen molar-refractivity contribution >= 4 is 23.0 Å². The minimum absolute atomic E-state index is 0.228. The normalized spacial score (nSPS) is 10.7. The summed E-state index contributed by atoms with van der Waals surface area (Å²) in [6.45, 7) is 1.90. The second-order valence-corrected chi connectivity index (χ2v) is 4.40. The molecule has 0 aliphatic heterocycles. The molecule has 6 nitrogen and oxygen atoms in total. The van der Waals surface area contributed by atoms with Crippen LogP contribution >= 0.6 is 0 Å². The van der Waals surface area contributed by atoms with Crippen LogP contribution in [0, 0.1) is 6.92 Å². The average molecular weight is 268 g/mol. The van der Waals surface area contributed by atoms with Gasteiger partial charge in [0.25, 0.3) is 0 Å².